The Morgan fingerprint density at radius 1 is 1.07 bits per heavy atom. The Morgan fingerprint density at radius 3 is 2.48 bits per heavy atom. The van der Waals surface area contributed by atoms with Crippen molar-refractivity contribution < 1.29 is 18.3 Å². The number of ether oxygens (including phenoxy) is 1. The summed E-state index contributed by atoms with van der Waals surface area (Å²) in [5.41, 5.74) is 1.03. The van der Waals surface area contributed by atoms with E-state index in [1.807, 2.05) is 0 Å². The fourth-order valence-electron chi connectivity index (χ4n) is 2.44. The van der Waals surface area contributed by atoms with E-state index < -0.39 is 10.0 Å². The quantitative estimate of drug-likeness (QED) is 0.675. The molecule has 0 unspecified atom stereocenters. The van der Waals surface area contributed by atoms with Gasteiger partial charge in [0.2, 0.25) is 10.0 Å². The van der Waals surface area contributed by atoms with Gasteiger partial charge in [-0.25, -0.2) is 12.7 Å². The fraction of sp³-hybridized carbons (Fsp3) is 0.167. The number of phenolic OH excluding ortho intramolecular Hbond substituents is 1. The fourth-order valence-corrected chi connectivity index (χ4v) is 3.48. The van der Waals surface area contributed by atoms with E-state index in [-0.39, 0.29) is 16.3 Å². The van der Waals surface area contributed by atoms with Gasteiger partial charge in [-0.15, -0.1) is 10.2 Å². The maximum atomic E-state index is 12.6. The monoisotopic (exact) mass is 386 g/mol. The van der Waals surface area contributed by atoms with Crippen molar-refractivity contribution in [3.63, 3.8) is 0 Å². The second-order valence-corrected chi connectivity index (χ2v) is 7.94. The molecule has 0 aliphatic carbocycles. The van der Waals surface area contributed by atoms with E-state index in [0.29, 0.717) is 22.3 Å². The molecule has 0 atom stereocenters. The van der Waals surface area contributed by atoms with E-state index in [4.69, 9.17) is 4.74 Å². The summed E-state index contributed by atoms with van der Waals surface area (Å²) in [6, 6.07) is 11.1. The van der Waals surface area contributed by atoms with Crippen molar-refractivity contribution in [3.8, 4) is 11.5 Å². The van der Waals surface area contributed by atoms with Crippen molar-refractivity contribution in [3.05, 3.63) is 48.7 Å². The first-order valence-corrected chi connectivity index (χ1v) is 9.37. The number of methoxy groups -OCH3 is 1. The molecule has 0 saturated heterocycles. The number of phenols is 1. The van der Waals surface area contributed by atoms with Gasteiger partial charge in [0.15, 0.2) is 0 Å². The van der Waals surface area contributed by atoms with Gasteiger partial charge < -0.3 is 9.84 Å². The van der Waals surface area contributed by atoms with Crippen molar-refractivity contribution in [2.24, 2.45) is 10.2 Å². The van der Waals surface area contributed by atoms with Crippen LogP contribution < -0.4 is 4.74 Å². The average molecular weight is 386 g/mol. The number of rotatable bonds is 5. The van der Waals surface area contributed by atoms with Gasteiger partial charge >= 0.3 is 0 Å². The number of aromatic nitrogens is 1. The molecule has 0 spiro atoms. The molecule has 2 aromatic carbocycles. The summed E-state index contributed by atoms with van der Waals surface area (Å²) in [4.78, 5) is 4.11. The minimum Gasteiger partial charge on any atom is -0.506 e. The van der Waals surface area contributed by atoms with Crippen LogP contribution in [-0.4, -0.2) is 44.0 Å². The summed E-state index contributed by atoms with van der Waals surface area (Å²) in [7, 11) is 0.589. The van der Waals surface area contributed by atoms with Crippen molar-refractivity contribution in [2.45, 2.75) is 4.90 Å². The van der Waals surface area contributed by atoms with E-state index in [1.165, 1.54) is 39.4 Å². The molecular weight excluding hydrogens is 368 g/mol. The SMILES string of the molecule is COc1ccc(N=Nc2ccc(O)c3ncccc23)c(S(=O)(=O)N(C)C)c1. The Labute approximate surface area is 156 Å². The molecule has 1 aromatic heterocycles. The first-order valence-electron chi connectivity index (χ1n) is 7.93. The first-order chi connectivity index (χ1) is 12.8. The molecule has 1 heterocycles. The van der Waals surface area contributed by atoms with E-state index in [1.54, 1.807) is 30.5 Å². The zero-order valence-corrected chi connectivity index (χ0v) is 15.8. The van der Waals surface area contributed by atoms with Gasteiger partial charge in [0, 0.05) is 31.7 Å². The first kappa shape index (κ1) is 18.7. The molecule has 0 aliphatic heterocycles. The summed E-state index contributed by atoms with van der Waals surface area (Å²) in [5.74, 6) is 0.429. The zero-order chi connectivity index (χ0) is 19.6. The standard InChI is InChI=1S/C18H18N4O4S/c1-22(2)27(24,25)17-11-12(26-3)6-7-15(17)21-20-14-8-9-16(23)18-13(14)5-4-10-19-18/h4-11,23H,1-3H3. The lowest BCUT2D eigenvalue weighted by atomic mass is 10.2. The van der Waals surface area contributed by atoms with E-state index >= 15 is 0 Å². The molecule has 0 fully saturated rings. The van der Waals surface area contributed by atoms with Crippen LogP contribution in [0, 0.1) is 0 Å². The maximum Gasteiger partial charge on any atom is 0.244 e. The van der Waals surface area contributed by atoms with Crippen LogP contribution in [0.5, 0.6) is 11.5 Å². The maximum absolute atomic E-state index is 12.6. The van der Waals surface area contributed by atoms with Gasteiger partial charge in [-0.1, -0.05) is 0 Å². The molecule has 9 heteroatoms. The predicted molar refractivity (Wildman–Crippen MR) is 101 cm³/mol. The molecule has 8 nitrogen and oxygen atoms in total. The molecule has 0 bridgehead atoms. The van der Waals surface area contributed by atoms with Crippen LogP contribution in [0.15, 0.2) is 63.8 Å². The molecule has 140 valence electrons. The Hall–Kier alpha value is -3.04. The van der Waals surface area contributed by atoms with Crippen molar-refractivity contribution >= 4 is 32.3 Å². The van der Waals surface area contributed by atoms with Gasteiger partial charge in [0.1, 0.15) is 27.6 Å². The lowest BCUT2D eigenvalue weighted by Crippen LogP contribution is -2.22. The minimum atomic E-state index is -3.75. The van der Waals surface area contributed by atoms with Gasteiger partial charge in [-0.3, -0.25) is 4.98 Å². The summed E-state index contributed by atoms with van der Waals surface area (Å²) >= 11 is 0. The number of fused-ring (bicyclic) bond motifs is 1. The minimum absolute atomic E-state index is 0.0168. The van der Waals surface area contributed by atoms with Gasteiger partial charge in [-0.05, 0) is 36.4 Å². The molecule has 0 amide bonds. The predicted octanol–water partition coefficient (Wildman–Crippen LogP) is 3.61. The van der Waals surface area contributed by atoms with Crippen LogP contribution in [0.2, 0.25) is 0 Å². The normalized spacial score (nSPS) is 12.1. The molecular formula is C18H18N4O4S. The topological polar surface area (TPSA) is 104 Å². The molecule has 0 saturated carbocycles. The van der Waals surface area contributed by atoms with E-state index in [2.05, 4.69) is 15.2 Å². The largest absolute Gasteiger partial charge is 0.506 e. The average Bonchev–Trinajstić information content (AvgIpc) is 2.67. The lowest BCUT2D eigenvalue weighted by Gasteiger charge is -2.13. The third-order valence-corrected chi connectivity index (χ3v) is 5.76. The second-order valence-electron chi connectivity index (χ2n) is 5.82. The van der Waals surface area contributed by atoms with Gasteiger partial charge in [0.05, 0.1) is 12.8 Å². The Balaban J connectivity index is 2.13. The summed E-state index contributed by atoms with van der Waals surface area (Å²) in [6.45, 7) is 0. The van der Waals surface area contributed by atoms with Crippen LogP contribution in [0.3, 0.4) is 0 Å². The number of pyridine rings is 1. The van der Waals surface area contributed by atoms with Crippen LogP contribution in [0.25, 0.3) is 10.9 Å². The number of nitrogens with zero attached hydrogens (tertiary/aromatic N) is 4. The van der Waals surface area contributed by atoms with E-state index in [9.17, 15) is 13.5 Å². The lowest BCUT2D eigenvalue weighted by molar-refractivity contribution is 0.413. The summed E-state index contributed by atoms with van der Waals surface area (Å²) in [6.07, 6.45) is 1.56. The number of benzene rings is 2. The smallest absolute Gasteiger partial charge is 0.244 e. The van der Waals surface area contributed by atoms with Crippen LogP contribution in [0.1, 0.15) is 0 Å². The summed E-state index contributed by atoms with van der Waals surface area (Å²) < 4.78 is 31.5. The highest BCUT2D eigenvalue weighted by Gasteiger charge is 2.22. The molecule has 1 N–H and O–H groups in total. The molecule has 3 rings (SSSR count). The van der Waals surface area contributed by atoms with Crippen LogP contribution in [0.4, 0.5) is 11.4 Å². The molecule has 27 heavy (non-hydrogen) atoms. The number of hydrogen-bond donors (Lipinski definition) is 1. The molecule has 0 aliphatic rings. The van der Waals surface area contributed by atoms with E-state index in [0.717, 1.165) is 4.31 Å². The number of sulfonamides is 1. The van der Waals surface area contributed by atoms with Crippen LogP contribution >= 0.6 is 0 Å². The Bertz CT molecular complexity index is 1130. The van der Waals surface area contributed by atoms with Crippen LogP contribution in [-0.2, 0) is 10.0 Å². The highest BCUT2D eigenvalue weighted by atomic mass is 32.2. The Kier molecular flexibility index (Phi) is 5.06. The third kappa shape index (κ3) is 3.60. The van der Waals surface area contributed by atoms with Crippen molar-refractivity contribution in [1.29, 1.82) is 0 Å². The van der Waals surface area contributed by atoms with Gasteiger partial charge in [-0.2, -0.15) is 0 Å². The second kappa shape index (κ2) is 7.29. The molecule has 3 aromatic rings. The Morgan fingerprint density at radius 2 is 1.78 bits per heavy atom. The van der Waals surface area contributed by atoms with Crippen molar-refractivity contribution in [2.75, 3.05) is 21.2 Å². The van der Waals surface area contributed by atoms with Crippen molar-refractivity contribution in [1.82, 2.24) is 9.29 Å². The highest BCUT2D eigenvalue weighted by Crippen LogP contribution is 2.34. The van der Waals surface area contributed by atoms with Gasteiger partial charge in [0.25, 0.3) is 0 Å². The number of aromatic hydroxyl groups is 1. The summed E-state index contributed by atoms with van der Waals surface area (Å²) in [5, 5.41) is 18.8. The number of azo groups is 1. The number of hydrogen-bond acceptors (Lipinski definition) is 7. The zero-order valence-electron chi connectivity index (χ0n) is 15.0. The molecule has 0 radical (unpaired) electrons. The highest BCUT2D eigenvalue weighted by molar-refractivity contribution is 7.89. The third-order valence-electron chi connectivity index (χ3n) is 3.92.